The van der Waals surface area contributed by atoms with Crippen LogP contribution in [0.2, 0.25) is 0 Å². The summed E-state index contributed by atoms with van der Waals surface area (Å²) in [4.78, 5) is 20.3. The predicted molar refractivity (Wildman–Crippen MR) is 38.6 cm³/mol. The number of halogens is 3. The van der Waals surface area contributed by atoms with Crippen LogP contribution in [0.15, 0.2) is 11.6 Å². The third kappa shape index (κ3) is 6.04. The molecule has 0 aliphatic rings. The van der Waals surface area contributed by atoms with E-state index >= 15 is 0 Å². The lowest BCUT2D eigenvalue weighted by molar-refractivity contribution is -0.140. The molecule has 0 spiro atoms. The molecule has 0 aromatic heterocycles. The molecule has 7 heteroatoms. The summed E-state index contributed by atoms with van der Waals surface area (Å²) in [6.07, 6.45) is -6.54. The van der Waals surface area contributed by atoms with Gasteiger partial charge in [0.2, 0.25) is 0 Å². The maximum absolute atomic E-state index is 11.6. The largest absolute Gasteiger partial charge is 0.481 e. The summed E-state index contributed by atoms with van der Waals surface area (Å²) in [5.74, 6) is -3.14. The maximum Gasteiger partial charge on any atom is 0.392 e. The van der Waals surface area contributed by atoms with Crippen molar-refractivity contribution >= 4 is 11.9 Å². The van der Waals surface area contributed by atoms with Gasteiger partial charge >= 0.3 is 18.1 Å². The van der Waals surface area contributed by atoms with Gasteiger partial charge in [0.15, 0.2) is 0 Å². The van der Waals surface area contributed by atoms with Crippen LogP contribution in [0, 0.1) is 0 Å². The van der Waals surface area contributed by atoms with Crippen LogP contribution in [-0.2, 0) is 9.59 Å². The quantitative estimate of drug-likeness (QED) is 0.691. The molecule has 0 bridgehead atoms. The molecule has 0 saturated carbocycles. The van der Waals surface area contributed by atoms with E-state index in [2.05, 4.69) is 0 Å². The first-order chi connectivity index (χ1) is 6.22. The van der Waals surface area contributed by atoms with Crippen molar-refractivity contribution in [1.29, 1.82) is 0 Å². The molecule has 4 nitrogen and oxygen atoms in total. The summed E-state index contributed by atoms with van der Waals surface area (Å²) in [6.45, 7) is 0. The lowest BCUT2D eigenvalue weighted by Gasteiger charge is -2.02. The molecule has 2 N–H and O–H groups in total. The van der Waals surface area contributed by atoms with Gasteiger partial charge in [-0.15, -0.1) is 0 Å². The number of aliphatic carboxylic acids is 2. The third-order valence-electron chi connectivity index (χ3n) is 1.20. The molecule has 0 aromatic carbocycles. The van der Waals surface area contributed by atoms with Gasteiger partial charge in [0, 0.05) is 5.57 Å². The topological polar surface area (TPSA) is 74.6 Å². The van der Waals surface area contributed by atoms with Crippen LogP contribution in [0.25, 0.3) is 0 Å². The highest BCUT2D eigenvalue weighted by molar-refractivity contribution is 5.92. The zero-order valence-electron chi connectivity index (χ0n) is 6.84. The molecule has 0 saturated heterocycles. The Morgan fingerprint density at radius 1 is 1.21 bits per heavy atom. The fourth-order valence-electron chi connectivity index (χ4n) is 0.637. The highest BCUT2D eigenvalue weighted by atomic mass is 19.4. The Balaban J connectivity index is 4.50. The number of carboxylic acid groups (broad SMARTS) is 2. The molecular formula is C7H7F3O4. The summed E-state index contributed by atoms with van der Waals surface area (Å²) >= 11 is 0. The van der Waals surface area contributed by atoms with Gasteiger partial charge in [0.05, 0.1) is 12.8 Å². The van der Waals surface area contributed by atoms with Crippen molar-refractivity contribution in [2.75, 3.05) is 0 Å². The fourth-order valence-corrected chi connectivity index (χ4v) is 0.637. The average molecular weight is 212 g/mol. The van der Waals surface area contributed by atoms with Gasteiger partial charge < -0.3 is 10.2 Å². The first-order valence-corrected chi connectivity index (χ1v) is 3.43. The standard InChI is InChI=1S/C7H7F3O4/c8-7(9,10)2-1-4(6(13)14)3-5(11)12/h1H,2-3H2,(H,11,12)(H,13,14). The fraction of sp³-hybridized carbons (Fsp3) is 0.429. The van der Waals surface area contributed by atoms with Crippen molar-refractivity contribution in [1.82, 2.24) is 0 Å². The van der Waals surface area contributed by atoms with Crippen molar-refractivity contribution in [3.05, 3.63) is 11.6 Å². The van der Waals surface area contributed by atoms with Crippen LogP contribution in [0.1, 0.15) is 12.8 Å². The minimum atomic E-state index is -4.53. The zero-order valence-corrected chi connectivity index (χ0v) is 6.84. The van der Waals surface area contributed by atoms with Gasteiger partial charge in [-0.05, 0) is 0 Å². The van der Waals surface area contributed by atoms with Crippen LogP contribution in [0.5, 0.6) is 0 Å². The van der Waals surface area contributed by atoms with Gasteiger partial charge in [-0.3, -0.25) is 4.79 Å². The number of rotatable bonds is 4. The van der Waals surface area contributed by atoms with Crippen molar-refractivity contribution < 1.29 is 33.0 Å². The first kappa shape index (κ1) is 12.5. The molecule has 0 heterocycles. The Bertz CT molecular complexity index is 267. The SMILES string of the molecule is O=C(O)CC(=CCC(F)(F)F)C(=O)O. The van der Waals surface area contributed by atoms with E-state index < -0.39 is 36.5 Å². The van der Waals surface area contributed by atoms with Gasteiger partial charge in [-0.1, -0.05) is 6.08 Å². The van der Waals surface area contributed by atoms with E-state index in [4.69, 9.17) is 10.2 Å². The molecule has 14 heavy (non-hydrogen) atoms. The minimum Gasteiger partial charge on any atom is -0.481 e. The van der Waals surface area contributed by atoms with Gasteiger partial charge in [0.25, 0.3) is 0 Å². The van der Waals surface area contributed by atoms with Gasteiger partial charge in [0.1, 0.15) is 0 Å². The monoisotopic (exact) mass is 212 g/mol. The lowest BCUT2D eigenvalue weighted by atomic mass is 10.1. The molecular weight excluding hydrogens is 205 g/mol. The van der Waals surface area contributed by atoms with Crippen molar-refractivity contribution in [2.45, 2.75) is 19.0 Å². The Morgan fingerprint density at radius 3 is 2.00 bits per heavy atom. The summed E-state index contributed by atoms with van der Waals surface area (Å²) < 4.78 is 34.9. The summed E-state index contributed by atoms with van der Waals surface area (Å²) in [7, 11) is 0. The summed E-state index contributed by atoms with van der Waals surface area (Å²) in [6, 6.07) is 0. The third-order valence-corrected chi connectivity index (χ3v) is 1.20. The highest BCUT2D eigenvalue weighted by Crippen LogP contribution is 2.21. The predicted octanol–water partition coefficient (Wildman–Crippen LogP) is 1.42. The number of carbonyl (C=O) groups is 2. The molecule has 0 radical (unpaired) electrons. The Hall–Kier alpha value is -1.53. The second-order valence-electron chi connectivity index (χ2n) is 2.42. The number of carboxylic acids is 2. The Morgan fingerprint density at radius 2 is 1.71 bits per heavy atom. The first-order valence-electron chi connectivity index (χ1n) is 3.43. The second kappa shape index (κ2) is 4.64. The minimum absolute atomic E-state index is 0.358. The molecule has 0 aliphatic carbocycles. The van der Waals surface area contributed by atoms with Gasteiger partial charge in [-0.2, -0.15) is 13.2 Å². The van der Waals surface area contributed by atoms with E-state index in [9.17, 15) is 22.8 Å². The lowest BCUT2D eigenvalue weighted by Crippen LogP contribution is -2.10. The molecule has 0 unspecified atom stereocenters. The molecule has 0 atom stereocenters. The normalized spacial score (nSPS) is 12.6. The summed E-state index contributed by atoms with van der Waals surface area (Å²) in [5, 5.41) is 16.5. The molecule has 0 rings (SSSR count). The van der Waals surface area contributed by atoms with E-state index in [1.165, 1.54) is 0 Å². The summed E-state index contributed by atoms with van der Waals surface area (Å²) in [5.41, 5.74) is -0.769. The Labute approximate surface area is 76.6 Å². The van der Waals surface area contributed by atoms with E-state index in [-0.39, 0.29) is 0 Å². The number of allylic oxidation sites excluding steroid dienone is 1. The van der Waals surface area contributed by atoms with Crippen LogP contribution < -0.4 is 0 Å². The molecule has 0 aliphatic heterocycles. The van der Waals surface area contributed by atoms with E-state index in [0.29, 0.717) is 6.08 Å². The number of hydrogen-bond donors (Lipinski definition) is 2. The molecule has 80 valence electrons. The van der Waals surface area contributed by atoms with Crippen LogP contribution >= 0.6 is 0 Å². The van der Waals surface area contributed by atoms with Crippen molar-refractivity contribution in [3.63, 3.8) is 0 Å². The maximum atomic E-state index is 11.6. The highest BCUT2D eigenvalue weighted by Gasteiger charge is 2.26. The van der Waals surface area contributed by atoms with E-state index in [1.54, 1.807) is 0 Å². The zero-order chi connectivity index (χ0) is 11.4. The second-order valence-corrected chi connectivity index (χ2v) is 2.42. The number of hydrogen-bond acceptors (Lipinski definition) is 2. The number of alkyl halides is 3. The van der Waals surface area contributed by atoms with E-state index in [0.717, 1.165) is 0 Å². The smallest absolute Gasteiger partial charge is 0.392 e. The molecule has 0 fully saturated rings. The Kier molecular flexibility index (Phi) is 4.13. The molecule has 0 amide bonds. The van der Waals surface area contributed by atoms with Crippen LogP contribution in [-0.4, -0.2) is 28.3 Å². The van der Waals surface area contributed by atoms with Crippen LogP contribution in [0.3, 0.4) is 0 Å². The van der Waals surface area contributed by atoms with Crippen LogP contribution in [0.4, 0.5) is 13.2 Å². The average Bonchev–Trinajstić information content (AvgIpc) is 1.94. The van der Waals surface area contributed by atoms with E-state index in [1.807, 2.05) is 0 Å². The molecule has 0 aromatic rings. The van der Waals surface area contributed by atoms with Crippen molar-refractivity contribution in [3.8, 4) is 0 Å². The van der Waals surface area contributed by atoms with Gasteiger partial charge in [-0.25, -0.2) is 4.79 Å². The van der Waals surface area contributed by atoms with Crippen molar-refractivity contribution in [2.24, 2.45) is 0 Å².